The van der Waals surface area contributed by atoms with Gasteiger partial charge < -0.3 is 9.88 Å². The Morgan fingerprint density at radius 3 is 2.64 bits per heavy atom. The van der Waals surface area contributed by atoms with Gasteiger partial charge in [0.25, 0.3) is 0 Å². The van der Waals surface area contributed by atoms with E-state index in [-0.39, 0.29) is 17.9 Å². The van der Waals surface area contributed by atoms with Crippen LogP contribution in [0.3, 0.4) is 0 Å². The second-order valence-corrected chi connectivity index (χ2v) is 7.16. The van der Waals surface area contributed by atoms with Crippen LogP contribution >= 0.6 is 0 Å². The number of fused-ring (bicyclic) bond motifs is 5. The van der Waals surface area contributed by atoms with Crippen molar-refractivity contribution in [3.8, 4) is 5.69 Å². The van der Waals surface area contributed by atoms with Gasteiger partial charge in [-0.2, -0.15) is 0 Å². The Morgan fingerprint density at radius 1 is 1.00 bits per heavy atom. The van der Waals surface area contributed by atoms with Gasteiger partial charge in [0, 0.05) is 30.3 Å². The van der Waals surface area contributed by atoms with Crippen LogP contribution in [-0.4, -0.2) is 16.4 Å². The van der Waals surface area contributed by atoms with Gasteiger partial charge >= 0.3 is 0 Å². The summed E-state index contributed by atoms with van der Waals surface area (Å²) < 4.78 is 2.23. The van der Waals surface area contributed by atoms with Gasteiger partial charge in [0.2, 0.25) is 0 Å². The lowest BCUT2D eigenvalue weighted by molar-refractivity contribution is -0.118. The Balaban J connectivity index is 1.66. The topological polar surface area (TPSA) is 34.0 Å². The Morgan fingerprint density at radius 2 is 1.80 bits per heavy atom. The SMILES string of the molecule is Cc1ccc(C2C(=O)CC3c4cccn4-c4ccccc4NC32)cc1. The normalized spacial score (nSPS) is 24.0. The van der Waals surface area contributed by atoms with Crippen molar-refractivity contribution in [1.82, 2.24) is 4.57 Å². The zero-order valence-electron chi connectivity index (χ0n) is 14.1. The number of para-hydroxylation sites is 2. The fourth-order valence-corrected chi connectivity index (χ4v) is 4.44. The monoisotopic (exact) mass is 328 g/mol. The van der Waals surface area contributed by atoms with Crippen LogP contribution < -0.4 is 5.32 Å². The summed E-state index contributed by atoms with van der Waals surface area (Å²) in [5, 5.41) is 3.71. The van der Waals surface area contributed by atoms with Crippen LogP contribution in [0.4, 0.5) is 5.69 Å². The van der Waals surface area contributed by atoms with Crippen LogP contribution in [0.2, 0.25) is 0 Å². The standard InChI is InChI=1S/C22H20N2O/c1-14-8-10-15(11-9-14)21-20(25)13-16-18-7-4-12-24(18)19-6-3-2-5-17(19)23-22(16)21/h2-12,16,21-23H,13H2,1H3. The molecule has 1 aliphatic heterocycles. The molecule has 2 aliphatic rings. The highest BCUT2D eigenvalue weighted by atomic mass is 16.1. The van der Waals surface area contributed by atoms with Crippen molar-refractivity contribution in [2.24, 2.45) is 0 Å². The van der Waals surface area contributed by atoms with E-state index in [0.29, 0.717) is 12.2 Å². The van der Waals surface area contributed by atoms with E-state index in [2.05, 4.69) is 77.6 Å². The smallest absolute Gasteiger partial charge is 0.143 e. The minimum absolute atomic E-state index is 0.0903. The van der Waals surface area contributed by atoms with Crippen LogP contribution in [0.5, 0.6) is 0 Å². The highest BCUT2D eigenvalue weighted by molar-refractivity contribution is 5.91. The van der Waals surface area contributed by atoms with Crippen LogP contribution in [0, 0.1) is 6.92 Å². The van der Waals surface area contributed by atoms with Gasteiger partial charge in [-0.05, 0) is 36.8 Å². The average Bonchev–Trinajstić information content (AvgIpc) is 3.19. The zero-order valence-corrected chi connectivity index (χ0v) is 14.1. The molecule has 1 aromatic heterocycles. The van der Waals surface area contributed by atoms with Crippen LogP contribution in [0.15, 0.2) is 66.9 Å². The molecule has 3 nitrogen and oxygen atoms in total. The lowest BCUT2D eigenvalue weighted by atomic mass is 9.89. The van der Waals surface area contributed by atoms with Crippen molar-refractivity contribution in [2.45, 2.75) is 31.2 Å². The number of carbonyl (C=O) groups is 1. The molecule has 2 aromatic carbocycles. The Kier molecular flexibility index (Phi) is 3.11. The van der Waals surface area contributed by atoms with Gasteiger partial charge in [0.15, 0.2) is 0 Å². The summed E-state index contributed by atoms with van der Waals surface area (Å²) in [6, 6.07) is 21.1. The first kappa shape index (κ1) is 14.5. The molecule has 3 heteroatoms. The van der Waals surface area contributed by atoms with Gasteiger partial charge in [0.05, 0.1) is 17.3 Å². The Hall–Kier alpha value is -2.81. The zero-order chi connectivity index (χ0) is 17.0. The molecule has 0 amide bonds. The van der Waals surface area contributed by atoms with E-state index >= 15 is 0 Å². The summed E-state index contributed by atoms with van der Waals surface area (Å²) in [5.74, 6) is 0.430. The predicted octanol–water partition coefficient (Wildman–Crippen LogP) is 4.42. The first-order valence-corrected chi connectivity index (χ1v) is 8.85. The van der Waals surface area contributed by atoms with Crippen molar-refractivity contribution >= 4 is 11.5 Å². The number of nitrogens with zero attached hydrogens (tertiary/aromatic N) is 1. The lowest BCUT2D eigenvalue weighted by Gasteiger charge is -2.24. The maximum absolute atomic E-state index is 12.9. The van der Waals surface area contributed by atoms with Crippen molar-refractivity contribution < 1.29 is 4.79 Å². The molecule has 25 heavy (non-hydrogen) atoms. The number of aryl methyl sites for hydroxylation is 1. The van der Waals surface area contributed by atoms with Crippen molar-refractivity contribution in [1.29, 1.82) is 0 Å². The highest BCUT2D eigenvalue weighted by Gasteiger charge is 2.46. The molecule has 3 atom stereocenters. The van der Waals surface area contributed by atoms with Gasteiger partial charge in [-0.1, -0.05) is 42.0 Å². The molecule has 0 radical (unpaired) electrons. The van der Waals surface area contributed by atoms with E-state index < -0.39 is 0 Å². The Bertz CT molecular complexity index is 954. The third kappa shape index (κ3) is 2.15. The number of nitrogens with one attached hydrogen (secondary N) is 1. The molecule has 3 aromatic rings. The second-order valence-electron chi connectivity index (χ2n) is 7.16. The largest absolute Gasteiger partial charge is 0.379 e. The molecule has 2 heterocycles. The summed E-state index contributed by atoms with van der Waals surface area (Å²) in [7, 11) is 0. The molecule has 0 bridgehead atoms. The number of hydrogen-bond acceptors (Lipinski definition) is 2. The van der Waals surface area contributed by atoms with Crippen molar-refractivity contribution in [3.05, 3.63) is 83.7 Å². The molecule has 1 aliphatic carbocycles. The fourth-order valence-electron chi connectivity index (χ4n) is 4.44. The van der Waals surface area contributed by atoms with Gasteiger partial charge in [-0.3, -0.25) is 4.79 Å². The Labute approximate surface area is 147 Å². The van der Waals surface area contributed by atoms with Gasteiger partial charge in [-0.25, -0.2) is 0 Å². The van der Waals surface area contributed by atoms with E-state index in [4.69, 9.17) is 0 Å². The number of rotatable bonds is 1. The maximum atomic E-state index is 12.9. The number of aromatic nitrogens is 1. The summed E-state index contributed by atoms with van der Waals surface area (Å²) in [5.41, 5.74) is 5.82. The van der Waals surface area contributed by atoms with Gasteiger partial charge in [0.1, 0.15) is 5.78 Å². The fraction of sp³-hybridized carbons (Fsp3) is 0.227. The molecule has 124 valence electrons. The molecule has 1 fully saturated rings. The number of carbonyl (C=O) groups excluding carboxylic acids is 1. The minimum Gasteiger partial charge on any atom is -0.379 e. The van der Waals surface area contributed by atoms with E-state index in [0.717, 1.165) is 16.9 Å². The maximum Gasteiger partial charge on any atom is 0.143 e. The summed E-state index contributed by atoms with van der Waals surface area (Å²) in [6.07, 6.45) is 2.69. The molecule has 1 saturated carbocycles. The van der Waals surface area contributed by atoms with Crippen LogP contribution in [0.1, 0.15) is 35.1 Å². The van der Waals surface area contributed by atoms with Crippen molar-refractivity contribution in [3.63, 3.8) is 0 Å². The number of Topliss-reactive ketones (excluding diaryl/α,β-unsaturated/α-hetero) is 1. The van der Waals surface area contributed by atoms with E-state index in [1.807, 2.05) is 6.07 Å². The lowest BCUT2D eigenvalue weighted by Crippen LogP contribution is -2.29. The molecule has 1 N–H and O–H groups in total. The summed E-state index contributed by atoms with van der Waals surface area (Å²) in [4.78, 5) is 12.9. The first-order chi connectivity index (χ1) is 12.2. The number of anilines is 1. The summed E-state index contributed by atoms with van der Waals surface area (Å²) >= 11 is 0. The molecule has 0 spiro atoms. The van der Waals surface area contributed by atoms with Crippen LogP contribution in [-0.2, 0) is 4.79 Å². The third-order valence-electron chi connectivity index (χ3n) is 5.64. The number of benzene rings is 2. The van der Waals surface area contributed by atoms with E-state index in [1.54, 1.807) is 0 Å². The molecule has 3 unspecified atom stereocenters. The van der Waals surface area contributed by atoms with Crippen LogP contribution in [0.25, 0.3) is 5.69 Å². The first-order valence-electron chi connectivity index (χ1n) is 8.85. The van der Waals surface area contributed by atoms with E-state index in [9.17, 15) is 4.79 Å². The quantitative estimate of drug-likeness (QED) is 0.717. The molecular weight excluding hydrogens is 308 g/mol. The van der Waals surface area contributed by atoms with E-state index in [1.165, 1.54) is 11.3 Å². The number of hydrogen-bond donors (Lipinski definition) is 1. The number of ketones is 1. The minimum atomic E-state index is -0.0971. The molecule has 0 saturated heterocycles. The third-order valence-corrected chi connectivity index (χ3v) is 5.64. The highest BCUT2D eigenvalue weighted by Crippen LogP contribution is 2.46. The summed E-state index contributed by atoms with van der Waals surface area (Å²) in [6.45, 7) is 2.08. The van der Waals surface area contributed by atoms with Gasteiger partial charge in [-0.15, -0.1) is 0 Å². The second kappa shape index (κ2) is 5.35. The predicted molar refractivity (Wildman–Crippen MR) is 99.5 cm³/mol. The molecule has 5 rings (SSSR count). The average molecular weight is 328 g/mol. The van der Waals surface area contributed by atoms with Crippen molar-refractivity contribution in [2.75, 3.05) is 5.32 Å². The molecular formula is C22H20N2O.